The molecule has 0 aromatic heterocycles. The molecule has 0 aliphatic rings. The van der Waals surface area contributed by atoms with Crippen molar-refractivity contribution in [2.75, 3.05) is 7.11 Å². The van der Waals surface area contributed by atoms with Crippen molar-refractivity contribution in [1.82, 2.24) is 0 Å². The molecule has 0 aliphatic heterocycles. The van der Waals surface area contributed by atoms with Gasteiger partial charge < -0.3 is 15.6 Å². The van der Waals surface area contributed by atoms with E-state index in [2.05, 4.69) is 0 Å². The van der Waals surface area contributed by atoms with Crippen LogP contribution in [0.2, 0.25) is 0 Å². The largest absolute Gasteiger partial charge is 0.497 e. The standard InChI is InChI=1S/C9H10FNO3/c1-14-7-3-5(2-6(10)4-7)8(11)9(12)13/h2-4,8H,11H2,1H3,(H,12,13)/t8-/m1/s1. The predicted octanol–water partition coefficient (Wildman–Crippen LogP) is 0.919. The van der Waals surface area contributed by atoms with Crippen LogP contribution in [0.3, 0.4) is 0 Å². The van der Waals surface area contributed by atoms with E-state index >= 15 is 0 Å². The minimum atomic E-state index is -1.24. The fraction of sp³-hybridized carbons (Fsp3) is 0.222. The Labute approximate surface area is 80.1 Å². The SMILES string of the molecule is COc1cc(F)cc([C@@H](N)C(=O)O)c1. The van der Waals surface area contributed by atoms with E-state index in [0.717, 1.165) is 12.1 Å². The number of aliphatic carboxylic acids is 1. The van der Waals surface area contributed by atoms with Crippen molar-refractivity contribution in [3.8, 4) is 5.75 Å². The van der Waals surface area contributed by atoms with Crippen LogP contribution in [0.4, 0.5) is 4.39 Å². The first kappa shape index (κ1) is 10.5. The molecule has 1 atom stereocenters. The number of methoxy groups -OCH3 is 1. The van der Waals surface area contributed by atoms with Crippen LogP contribution < -0.4 is 10.5 Å². The Bertz CT molecular complexity index is 354. The van der Waals surface area contributed by atoms with Crippen LogP contribution in [0.5, 0.6) is 5.75 Å². The number of benzene rings is 1. The molecule has 3 N–H and O–H groups in total. The quantitative estimate of drug-likeness (QED) is 0.759. The van der Waals surface area contributed by atoms with Crippen molar-refractivity contribution < 1.29 is 19.0 Å². The number of nitrogens with two attached hydrogens (primary N) is 1. The van der Waals surface area contributed by atoms with Gasteiger partial charge in [0.15, 0.2) is 0 Å². The average molecular weight is 199 g/mol. The van der Waals surface area contributed by atoms with Gasteiger partial charge in [-0.15, -0.1) is 0 Å². The predicted molar refractivity (Wildman–Crippen MR) is 47.5 cm³/mol. The van der Waals surface area contributed by atoms with E-state index in [9.17, 15) is 9.18 Å². The highest BCUT2D eigenvalue weighted by atomic mass is 19.1. The van der Waals surface area contributed by atoms with Gasteiger partial charge in [-0.2, -0.15) is 0 Å². The van der Waals surface area contributed by atoms with Crippen LogP contribution in [0.1, 0.15) is 11.6 Å². The molecule has 1 aromatic rings. The highest BCUT2D eigenvalue weighted by Gasteiger charge is 2.15. The number of carboxylic acids is 1. The second-order valence-corrected chi connectivity index (χ2v) is 2.74. The van der Waals surface area contributed by atoms with Crippen molar-refractivity contribution in [2.24, 2.45) is 5.73 Å². The zero-order valence-corrected chi connectivity index (χ0v) is 7.53. The summed E-state index contributed by atoms with van der Waals surface area (Å²) >= 11 is 0. The first-order valence-electron chi connectivity index (χ1n) is 3.87. The molecule has 0 heterocycles. The minimum Gasteiger partial charge on any atom is -0.497 e. The molecular weight excluding hydrogens is 189 g/mol. The van der Waals surface area contributed by atoms with E-state index in [4.69, 9.17) is 15.6 Å². The number of halogens is 1. The number of hydrogen-bond donors (Lipinski definition) is 2. The maximum absolute atomic E-state index is 12.9. The summed E-state index contributed by atoms with van der Waals surface area (Å²) in [5.41, 5.74) is 5.48. The van der Waals surface area contributed by atoms with Gasteiger partial charge in [-0.25, -0.2) is 4.39 Å². The Morgan fingerprint density at radius 3 is 2.71 bits per heavy atom. The van der Waals surface area contributed by atoms with Crippen LogP contribution in [0, 0.1) is 5.82 Å². The normalized spacial score (nSPS) is 12.2. The highest BCUT2D eigenvalue weighted by Crippen LogP contribution is 2.20. The van der Waals surface area contributed by atoms with Gasteiger partial charge >= 0.3 is 5.97 Å². The van der Waals surface area contributed by atoms with E-state index in [0.29, 0.717) is 0 Å². The lowest BCUT2D eigenvalue weighted by Gasteiger charge is -2.08. The molecular formula is C9H10FNO3. The lowest BCUT2D eigenvalue weighted by molar-refractivity contribution is -0.138. The van der Waals surface area contributed by atoms with Gasteiger partial charge in [-0.05, 0) is 17.7 Å². The van der Waals surface area contributed by atoms with Gasteiger partial charge in [-0.3, -0.25) is 4.79 Å². The Morgan fingerprint density at radius 2 is 2.21 bits per heavy atom. The molecule has 0 radical (unpaired) electrons. The Hall–Kier alpha value is -1.62. The molecule has 0 spiro atoms. The summed E-state index contributed by atoms with van der Waals surface area (Å²) in [7, 11) is 1.37. The van der Waals surface area contributed by atoms with Crippen molar-refractivity contribution in [1.29, 1.82) is 0 Å². The lowest BCUT2D eigenvalue weighted by atomic mass is 10.1. The summed E-state index contributed by atoms with van der Waals surface area (Å²) in [6, 6.07) is 2.38. The fourth-order valence-electron chi connectivity index (χ4n) is 1.02. The van der Waals surface area contributed by atoms with Crippen LogP contribution in [-0.2, 0) is 4.79 Å². The zero-order chi connectivity index (χ0) is 10.7. The van der Waals surface area contributed by atoms with E-state index in [1.54, 1.807) is 0 Å². The van der Waals surface area contributed by atoms with Crippen LogP contribution >= 0.6 is 0 Å². The summed E-state index contributed by atoms with van der Waals surface area (Å²) in [5.74, 6) is -1.54. The molecule has 14 heavy (non-hydrogen) atoms. The molecule has 0 saturated heterocycles. The minimum absolute atomic E-state index is 0.175. The first-order valence-corrected chi connectivity index (χ1v) is 3.87. The number of rotatable bonds is 3. The highest BCUT2D eigenvalue weighted by molar-refractivity contribution is 5.75. The molecule has 1 aromatic carbocycles. The molecule has 0 aliphatic carbocycles. The number of carboxylic acid groups (broad SMARTS) is 1. The van der Waals surface area contributed by atoms with Crippen LogP contribution in [0.15, 0.2) is 18.2 Å². The first-order chi connectivity index (χ1) is 6.54. The van der Waals surface area contributed by atoms with Gasteiger partial charge in [0.1, 0.15) is 17.6 Å². The number of hydrogen-bond acceptors (Lipinski definition) is 3. The summed E-state index contributed by atoms with van der Waals surface area (Å²) < 4.78 is 17.7. The Morgan fingerprint density at radius 1 is 1.57 bits per heavy atom. The third kappa shape index (κ3) is 2.20. The molecule has 76 valence electrons. The van der Waals surface area contributed by atoms with Crippen molar-refractivity contribution in [2.45, 2.75) is 6.04 Å². The maximum Gasteiger partial charge on any atom is 0.325 e. The summed E-state index contributed by atoms with van der Waals surface area (Å²) in [4.78, 5) is 10.5. The Balaban J connectivity index is 3.08. The molecule has 0 amide bonds. The van der Waals surface area contributed by atoms with Crippen molar-refractivity contribution in [3.05, 3.63) is 29.6 Å². The van der Waals surface area contributed by atoms with Crippen LogP contribution in [-0.4, -0.2) is 18.2 Å². The van der Waals surface area contributed by atoms with E-state index in [1.165, 1.54) is 13.2 Å². The van der Waals surface area contributed by atoms with Gasteiger partial charge in [0.2, 0.25) is 0 Å². The van der Waals surface area contributed by atoms with Gasteiger partial charge in [0.25, 0.3) is 0 Å². The molecule has 1 rings (SSSR count). The smallest absolute Gasteiger partial charge is 0.325 e. The topological polar surface area (TPSA) is 72.5 Å². The second-order valence-electron chi connectivity index (χ2n) is 2.74. The zero-order valence-electron chi connectivity index (χ0n) is 7.53. The molecule has 0 fully saturated rings. The van der Waals surface area contributed by atoms with E-state index in [1.807, 2.05) is 0 Å². The van der Waals surface area contributed by atoms with Crippen LogP contribution in [0.25, 0.3) is 0 Å². The second kappa shape index (κ2) is 4.06. The summed E-state index contributed by atoms with van der Waals surface area (Å²) in [6.07, 6.45) is 0. The van der Waals surface area contributed by atoms with Crippen molar-refractivity contribution in [3.63, 3.8) is 0 Å². The third-order valence-corrected chi connectivity index (χ3v) is 1.75. The molecule has 0 saturated carbocycles. The Kier molecular flexibility index (Phi) is 3.03. The number of ether oxygens (including phenoxy) is 1. The maximum atomic E-state index is 12.9. The average Bonchev–Trinajstić information content (AvgIpc) is 2.15. The molecule has 0 bridgehead atoms. The van der Waals surface area contributed by atoms with Gasteiger partial charge in [-0.1, -0.05) is 0 Å². The van der Waals surface area contributed by atoms with E-state index < -0.39 is 17.8 Å². The molecule has 0 unspecified atom stereocenters. The van der Waals surface area contributed by atoms with E-state index in [-0.39, 0.29) is 11.3 Å². The van der Waals surface area contributed by atoms with Gasteiger partial charge in [0.05, 0.1) is 7.11 Å². The monoisotopic (exact) mass is 199 g/mol. The molecule has 5 heteroatoms. The summed E-state index contributed by atoms with van der Waals surface area (Å²) in [5, 5.41) is 8.60. The van der Waals surface area contributed by atoms with Gasteiger partial charge in [0, 0.05) is 6.07 Å². The third-order valence-electron chi connectivity index (χ3n) is 1.75. The number of carbonyl (C=O) groups is 1. The lowest BCUT2D eigenvalue weighted by Crippen LogP contribution is -2.20. The molecule has 4 nitrogen and oxygen atoms in total. The summed E-state index contributed by atoms with van der Waals surface area (Å²) in [6.45, 7) is 0. The fourth-order valence-corrected chi connectivity index (χ4v) is 1.02. The van der Waals surface area contributed by atoms with Crippen molar-refractivity contribution >= 4 is 5.97 Å².